The Kier molecular flexibility index (Phi) is 5.11. The van der Waals surface area contributed by atoms with Gasteiger partial charge in [0.05, 0.1) is 12.7 Å². The second kappa shape index (κ2) is 7.04. The summed E-state index contributed by atoms with van der Waals surface area (Å²) in [6, 6.07) is 14.1. The molecule has 21 heavy (non-hydrogen) atoms. The van der Waals surface area contributed by atoms with Crippen LogP contribution in [0.2, 0.25) is 0 Å². The van der Waals surface area contributed by atoms with Gasteiger partial charge in [-0.15, -0.1) is 0 Å². The average Bonchev–Trinajstić information content (AvgIpc) is 2.53. The van der Waals surface area contributed by atoms with Crippen molar-refractivity contribution >= 4 is 27.8 Å². The highest BCUT2D eigenvalue weighted by atomic mass is 79.9. The number of nitrogens with one attached hydrogen (secondary N) is 1. The first-order chi connectivity index (χ1) is 10.1. The van der Waals surface area contributed by atoms with E-state index >= 15 is 0 Å². The molecule has 0 radical (unpaired) electrons. The summed E-state index contributed by atoms with van der Waals surface area (Å²) in [5.41, 5.74) is 2.00. The number of benzene rings is 2. The van der Waals surface area contributed by atoms with Gasteiger partial charge in [-0.3, -0.25) is 4.79 Å². The van der Waals surface area contributed by atoms with Crippen LogP contribution in [0.15, 0.2) is 53.0 Å². The largest absolute Gasteiger partial charge is 0.465 e. The van der Waals surface area contributed by atoms with Gasteiger partial charge < -0.3 is 10.1 Å². The molecule has 0 atom stereocenters. The molecule has 0 aliphatic heterocycles. The molecule has 0 heterocycles. The van der Waals surface area contributed by atoms with Gasteiger partial charge in [0, 0.05) is 16.6 Å². The van der Waals surface area contributed by atoms with Crippen molar-refractivity contribution in [3.8, 4) is 0 Å². The van der Waals surface area contributed by atoms with Crippen LogP contribution < -0.4 is 5.32 Å². The predicted octanol–water partition coefficient (Wildman–Crippen LogP) is 3.17. The summed E-state index contributed by atoms with van der Waals surface area (Å²) in [5.74, 6) is -0.514. The number of carbonyl (C=O) groups is 2. The van der Waals surface area contributed by atoms with E-state index in [1.54, 1.807) is 36.4 Å². The molecule has 5 heteroatoms. The zero-order valence-electron chi connectivity index (χ0n) is 11.4. The molecule has 0 saturated carbocycles. The van der Waals surface area contributed by atoms with Crippen LogP contribution in [0, 0.1) is 0 Å². The van der Waals surface area contributed by atoms with Gasteiger partial charge >= 0.3 is 5.97 Å². The van der Waals surface area contributed by atoms with Crippen molar-refractivity contribution in [2.75, 3.05) is 7.11 Å². The number of esters is 1. The lowest BCUT2D eigenvalue weighted by atomic mass is 10.1. The summed E-state index contributed by atoms with van der Waals surface area (Å²) in [6.07, 6.45) is 0. The van der Waals surface area contributed by atoms with Crippen LogP contribution >= 0.6 is 15.9 Å². The minimum Gasteiger partial charge on any atom is -0.465 e. The van der Waals surface area contributed by atoms with Gasteiger partial charge in [-0.05, 0) is 42.0 Å². The standard InChI is InChI=1S/C16H14BrNO3/c1-21-16(20)13-4-2-11(3-5-13)10-18-15(19)12-6-8-14(17)9-7-12/h2-9H,10H2,1H3,(H,18,19). The second-order valence-electron chi connectivity index (χ2n) is 4.38. The minimum atomic E-state index is -0.375. The summed E-state index contributed by atoms with van der Waals surface area (Å²) in [7, 11) is 1.34. The van der Waals surface area contributed by atoms with Crippen molar-refractivity contribution in [3.05, 3.63) is 69.7 Å². The summed E-state index contributed by atoms with van der Waals surface area (Å²) in [4.78, 5) is 23.3. The predicted molar refractivity (Wildman–Crippen MR) is 83.1 cm³/mol. The van der Waals surface area contributed by atoms with Gasteiger partial charge in [0.15, 0.2) is 0 Å². The molecule has 0 unspecified atom stereocenters. The molecule has 0 spiro atoms. The van der Waals surface area contributed by atoms with Crippen molar-refractivity contribution in [2.24, 2.45) is 0 Å². The molecule has 0 saturated heterocycles. The highest BCUT2D eigenvalue weighted by Gasteiger charge is 2.06. The Morgan fingerprint density at radius 1 is 1.00 bits per heavy atom. The lowest BCUT2D eigenvalue weighted by Crippen LogP contribution is -2.22. The van der Waals surface area contributed by atoms with Crippen LogP contribution in [0.1, 0.15) is 26.3 Å². The minimum absolute atomic E-state index is 0.139. The fraction of sp³-hybridized carbons (Fsp3) is 0.125. The normalized spacial score (nSPS) is 10.0. The summed E-state index contributed by atoms with van der Waals surface area (Å²) >= 11 is 3.33. The Labute approximate surface area is 131 Å². The number of rotatable bonds is 4. The molecule has 0 aliphatic rings. The zero-order valence-corrected chi connectivity index (χ0v) is 13.0. The van der Waals surface area contributed by atoms with Gasteiger partial charge in [0.2, 0.25) is 0 Å². The third-order valence-electron chi connectivity index (χ3n) is 2.93. The van der Waals surface area contributed by atoms with Gasteiger partial charge in [-0.1, -0.05) is 28.1 Å². The Morgan fingerprint density at radius 2 is 1.57 bits per heavy atom. The first-order valence-electron chi connectivity index (χ1n) is 6.31. The highest BCUT2D eigenvalue weighted by Crippen LogP contribution is 2.11. The van der Waals surface area contributed by atoms with Crippen molar-refractivity contribution in [3.63, 3.8) is 0 Å². The van der Waals surface area contributed by atoms with Crippen molar-refractivity contribution in [1.29, 1.82) is 0 Å². The van der Waals surface area contributed by atoms with Crippen LogP contribution in [-0.4, -0.2) is 19.0 Å². The number of ether oxygens (including phenoxy) is 1. The molecule has 108 valence electrons. The molecule has 0 fully saturated rings. The van der Waals surface area contributed by atoms with Crippen LogP contribution in [0.4, 0.5) is 0 Å². The lowest BCUT2D eigenvalue weighted by molar-refractivity contribution is 0.0600. The fourth-order valence-electron chi connectivity index (χ4n) is 1.76. The van der Waals surface area contributed by atoms with Crippen LogP contribution in [0.25, 0.3) is 0 Å². The van der Waals surface area contributed by atoms with E-state index in [-0.39, 0.29) is 11.9 Å². The number of hydrogen-bond acceptors (Lipinski definition) is 3. The molecule has 2 rings (SSSR count). The number of methoxy groups -OCH3 is 1. The van der Waals surface area contributed by atoms with Crippen molar-refractivity contribution < 1.29 is 14.3 Å². The fourth-order valence-corrected chi connectivity index (χ4v) is 2.03. The van der Waals surface area contributed by atoms with Gasteiger partial charge in [-0.25, -0.2) is 4.79 Å². The van der Waals surface area contributed by atoms with Crippen molar-refractivity contribution in [1.82, 2.24) is 5.32 Å². The van der Waals surface area contributed by atoms with E-state index in [1.165, 1.54) is 7.11 Å². The van der Waals surface area contributed by atoms with Gasteiger partial charge in [0.25, 0.3) is 5.91 Å². The Balaban J connectivity index is 1.95. The molecule has 0 bridgehead atoms. The van der Waals surface area contributed by atoms with E-state index in [4.69, 9.17) is 0 Å². The Morgan fingerprint density at radius 3 is 2.14 bits per heavy atom. The number of amides is 1. The summed E-state index contributed by atoms with van der Waals surface area (Å²) < 4.78 is 5.56. The van der Waals surface area contributed by atoms with E-state index in [0.29, 0.717) is 17.7 Å². The second-order valence-corrected chi connectivity index (χ2v) is 5.29. The number of hydrogen-bond donors (Lipinski definition) is 1. The molecule has 0 aromatic heterocycles. The van der Waals surface area contributed by atoms with Crippen LogP contribution in [-0.2, 0) is 11.3 Å². The average molecular weight is 348 g/mol. The van der Waals surface area contributed by atoms with Gasteiger partial charge in [-0.2, -0.15) is 0 Å². The maximum Gasteiger partial charge on any atom is 0.337 e. The topological polar surface area (TPSA) is 55.4 Å². The maximum absolute atomic E-state index is 12.0. The monoisotopic (exact) mass is 347 g/mol. The highest BCUT2D eigenvalue weighted by molar-refractivity contribution is 9.10. The van der Waals surface area contributed by atoms with E-state index < -0.39 is 0 Å². The SMILES string of the molecule is COC(=O)c1ccc(CNC(=O)c2ccc(Br)cc2)cc1. The van der Waals surface area contributed by atoms with Crippen LogP contribution in [0.5, 0.6) is 0 Å². The Bertz CT molecular complexity index is 636. The van der Waals surface area contributed by atoms with E-state index in [2.05, 4.69) is 26.0 Å². The Hall–Kier alpha value is -2.14. The van der Waals surface area contributed by atoms with E-state index in [1.807, 2.05) is 12.1 Å². The summed E-state index contributed by atoms with van der Waals surface area (Å²) in [5, 5.41) is 2.83. The molecule has 0 aliphatic carbocycles. The first-order valence-corrected chi connectivity index (χ1v) is 7.10. The molecule has 2 aromatic rings. The van der Waals surface area contributed by atoms with Crippen molar-refractivity contribution in [2.45, 2.75) is 6.54 Å². The third-order valence-corrected chi connectivity index (χ3v) is 3.46. The molecular formula is C16H14BrNO3. The molecule has 2 aromatic carbocycles. The number of halogens is 1. The molecule has 1 N–H and O–H groups in total. The quantitative estimate of drug-likeness (QED) is 0.864. The van der Waals surface area contributed by atoms with E-state index in [9.17, 15) is 9.59 Å². The zero-order chi connectivity index (χ0) is 15.2. The maximum atomic E-state index is 12.0. The van der Waals surface area contributed by atoms with Crippen LogP contribution in [0.3, 0.4) is 0 Å². The van der Waals surface area contributed by atoms with Gasteiger partial charge in [0.1, 0.15) is 0 Å². The van der Waals surface area contributed by atoms with E-state index in [0.717, 1.165) is 10.0 Å². The lowest BCUT2D eigenvalue weighted by Gasteiger charge is -2.06. The third kappa shape index (κ3) is 4.16. The first kappa shape index (κ1) is 15.3. The summed E-state index contributed by atoms with van der Waals surface area (Å²) in [6.45, 7) is 0.399. The molecular weight excluding hydrogens is 334 g/mol. The smallest absolute Gasteiger partial charge is 0.337 e. The molecule has 1 amide bonds. The molecule has 4 nitrogen and oxygen atoms in total. The number of carbonyl (C=O) groups excluding carboxylic acids is 2.